The third-order valence-corrected chi connectivity index (χ3v) is 2.85. The summed E-state index contributed by atoms with van der Waals surface area (Å²) in [5, 5.41) is 16.2. The Kier molecular flexibility index (Phi) is 3.56. The highest BCUT2D eigenvalue weighted by Gasteiger charge is 2.02. The van der Waals surface area contributed by atoms with E-state index in [2.05, 4.69) is 32.5 Å². The molecule has 0 amide bonds. The van der Waals surface area contributed by atoms with Crippen LogP contribution in [0.1, 0.15) is 11.4 Å². The van der Waals surface area contributed by atoms with Crippen LogP contribution in [0.2, 0.25) is 0 Å². The molecule has 0 spiro atoms. The largest absolute Gasteiger partial charge is 0.338 e. The first-order chi connectivity index (χ1) is 10.3. The molecule has 102 valence electrons. The lowest BCUT2D eigenvalue weighted by molar-refractivity contribution is 0.687. The van der Waals surface area contributed by atoms with Crippen molar-refractivity contribution in [1.29, 1.82) is 5.26 Å². The van der Waals surface area contributed by atoms with Gasteiger partial charge >= 0.3 is 0 Å². The summed E-state index contributed by atoms with van der Waals surface area (Å²) in [6, 6.07) is 13.7. The van der Waals surface area contributed by atoms with E-state index in [0.29, 0.717) is 12.4 Å². The van der Waals surface area contributed by atoms with Crippen molar-refractivity contribution in [1.82, 2.24) is 19.7 Å². The molecule has 1 N–H and O–H groups in total. The van der Waals surface area contributed by atoms with Crippen LogP contribution in [-0.2, 0) is 6.54 Å². The molecule has 3 rings (SSSR count). The van der Waals surface area contributed by atoms with Gasteiger partial charge in [0.1, 0.15) is 11.9 Å². The Labute approximate surface area is 121 Å². The molecular weight excluding hydrogens is 264 g/mol. The molecule has 0 saturated carbocycles. The lowest BCUT2D eigenvalue weighted by Gasteiger charge is -2.02. The number of anilines is 2. The average Bonchev–Trinajstić information content (AvgIpc) is 2.95. The average molecular weight is 276 g/mol. The lowest BCUT2D eigenvalue weighted by atomic mass is 10.2. The number of rotatable bonds is 4. The van der Waals surface area contributed by atoms with Crippen LogP contribution >= 0.6 is 0 Å². The Bertz CT molecular complexity index is 772. The number of nitrogens with one attached hydrogen (secondary N) is 1. The normalized spacial score (nSPS) is 10.0. The molecule has 0 atom stereocenters. The molecular formula is C15H12N6. The molecule has 0 bridgehead atoms. The Hall–Kier alpha value is -3.20. The molecule has 2 heterocycles. The van der Waals surface area contributed by atoms with Gasteiger partial charge in [-0.05, 0) is 11.6 Å². The number of hydrogen-bond donors (Lipinski definition) is 1. The van der Waals surface area contributed by atoms with Crippen LogP contribution in [0.25, 0.3) is 0 Å². The highest BCUT2D eigenvalue weighted by molar-refractivity contribution is 5.53. The second kappa shape index (κ2) is 5.84. The highest BCUT2D eigenvalue weighted by atomic mass is 15.3. The second-order valence-corrected chi connectivity index (χ2v) is 4.41. The van der Waals surface area contributed by atoms with E-state index in [1.54, 1.807) is 18.5 Å². The summed E-state index contributed by atoms with van der Waals surface area (Å²) in [6.07, 6.45) is 5.15. The number of nitrogens with zero attached hydrogens (tertiary/aromatic N) is 5. The van der Waals surface area contributed by atoms with Crippen molar-refractivity contribution in [2.45, 2.75) is 6.54 Å². The van der Waals surface area contributed by atoms with E-state index >= 15 is 0 Å². The van der Waals surface area contributed by atoms with Gasteiger partial charge in [0.2, 0.25) is 5.82 Å². The van der Waals surface area contributed by atoms with Crippen molar-refractivity contribution >= 4 is 11.5 Å². The molecule has 6 heteroatoms. The lowest BCUT2D eigenvalue weighted by Crippen LogP contribution is -1.99. The molecule has 0 aliphatic heterocycles. The van der Waals surface area contributed by atoms with Crippen LogP contribution < -0.4 is 5.32 Å². The van der Waals surface area contributed by atoms with Gasteiger partial charge in [-0.1, -0.05) is 30.3 Å². The van der Waals surface area contributed by atoms with E-state index in [1.165, 1.54) is 5.56 Å². The zero-order valence-corrected chi connectivity index (χ0v) is 11.1. The Morgan fingerprint density at radius 1 is 1.19 bits per heavy atom. The third kappa shape index (κ3) is 3.22. The summed E-state index contributed by atoms with van der Waals surface area (Å²) in [4.78, 5) is 7.89. The fourth-order valence-electron chi connectivity index (χ4n) is 1.92. The van der Waals surface area contributed by atoms with Crippen LogP contribution in [0.3, 0.4) is 0 Å². The summed E-state index contributed by atoms with van der Waals surface area (Å²) in [7, 11) is 0. The maximum absolute atomic E-state index is 8.78. The van der Waals surface area contributed by atoms with Gasteiger partial charge in [0.05, 0.1) is 18.4 Å². The maximum atomic E-state index is 8.78. The van der Waals surface area contributed by atoms with Gasteiger partial charge in [-0.25, -0.2) is 9.97 Å². The number of aromatic nitrogens is 4. The van der Waals surface area contributed by atoms with Crippen molar-refractivity contribution < 1.29 is 0 Å². The van der Waals surface area contributed by atoms with E-state index in [9.17, 15) is 0 Å². The summed E-state index contributed by atoms with van der Waals surface area (Å²) < 4.78 is 1.84. The molecule has 0 aliphatic carbocycles. The smallest absolute Gasteiger partial charge is 0.234 e. The first-order valence-electron chi connectivity index (χ1n) is 6.40. The van der Waals surface area contributed by atoms with Crippen molar-refractivity contribution in [3.8, 4) is 6.07 Å². The first kappa shape index (κ1) is 12.8. The van der Waals surface area contributed by atoms with Crippen LogP contribution in [-0.4, -0.2) is 19.7 Å². The molecule has 21 heavy (non-hydrogen) atoms. The van der Waals surface area contributed by atoms with Gasteiger partial charge in [-0.3, -0.25) is 4.68 Å². The Balaban J connectivity index is 1.72. The van der Waals surface area contributed by atoms with Crippen molar-refractivity contribution in [2.24, 2.45) is 0 Å². The van der Waals surface area contributed by atoms with Crippen molar-refractivity contribution in [3.63, 3.8) is 0 Å². The first-order valence-corrected chi connectivity index (χ1v) is 6.40. The quantitative estimate of drug-likeness (QED) is 0.791. The molecule has 0 saturated heterocycles. The van der Waals surface area contributed by atoms with Crippen LogP contribution in [0.4, 0.5) is 11.5 Å². The third-order valence-electron chi connectivity index (χ3n) is 2.85. The maximum Gasteiger partial charge on any atom is 0.234 e. The van der Waals surface area contributed by atoms with Crippen molar-refractivity contribution in [2.75, 3.05) is 5.32 Å². The fourth-order valence-corrected chi connectivity index (χ4v) is 1.92. The van der Waals surface area contributed by atoms with Crippen LogP contribution in [0, 0.1) is 11.3 Å². The Morgan fingerprint density at radius 3 is 2.86 bits per heavy atom. The highest BCUT2D eigenvalue weighted by Crippen LogP contribution is 2.13. The SMILES string of the molecule is N#Cc1nccc(Nc2cnn(Cc3ccccc3)c2)n1. The summed E-state index contributed by atoms with van der Waals surface area (Å²) in [6.45, 7) is 0.704. The van der Waals surface area contributed by atoms with Gasteiger partial charge in [0.25, 0.3) is 0 Å². The monoisotopic (exact) mass is 276 g/mol. The zero-order chi connectivity index (χ0) is 14.5. The number of benzene rings is 1. The predicted octanol–water partition coefficient (Wildman–Crippen LogP) is 2.34. The molecule has 3 aromatic rings. The van der Waals surface area contributed by atoms with Gasteiger partial charge in [0, 0.05) is 12.4 Å². The molecule has 2 aromatic heterocycles. The van der Waals surface area contributed by atoms with E-state index in [1.807, 2.05) is 35.1 Å². The topological polar surface area (TPSA) is 79.4 Å². The summed E-state index contributed by atoms with van der Waals surface area (Å²) in [5.74, 6) is 0.706. The van der Waals surface area contributed by atoms with E-state index in [4.69, 9.17) is 5.26 Å². The standard InChI is InChI=1S/C15H12N6/c16-8-15-17-7-6-14(20-15)19-13-9-18-21(11-13)10-12-4-2-1-3-5-12/h1-7,9,11H,10H2,(H,17,19,20). The van der Waals surface area contributed by atoms with Crippen molar-refractivity contribution in [3.05, 3.63) is 66.4 Å². The van der Waals surface area contributed by atoms with Crippen LogP contribution in [0.5, 0.6) is 0 Å². The summed E-state index contributed by atoms with van der Waals surface area (Å²) in [5.41, 5.74) is 1.99. The minimum absolute atomic E-state index is 0.136. The minimum Gasteiger partial charge on any atom is -0.338 e. The second-order valence-electron chi connectivity index (χ2n) is 4.41. The van der Waals surface area contributed by atoms with Crippen LogP contribution in [0.15, 0.2) is 55.0 Å². The van der Waals surface area contributed by atoms with Gasteiger partial charge in [-0.2, -0.15) is 10.4 Å². The van der Waals surface area contributed by atoms with Gasteiger partial charge in [0.15, 0.2) is 0 Å². The Morgan fingerprint density at radius 2 is 2.05 bits per heavy atom. The minimum atomic E-state index is 0.136. The van der Waals surface area contributed by atoms with Gasteiger partial charge < -0.3 is 5.32 Å². The van der Waals surface area contributed by atoms with E-state index < -0.39 is 0 Å². The summed E-state index contributed by atoms with van der Waals surface area (Å²) >= 11 is 0. The number of nitriles is 1. The number of hydrogen-bond acceptors (Lipinski definition) is 5. The van der Waals surface area contributed by atoms with Gasteiger partial charge in [-0.15, -0.1) is 0 Å². The molecule has 0 radical (unpaired) electrons. The van der Waals surface area contributed by atoms with E-state index in [-0.39, 0.29) is 5.82 Å². The molecule has 0 unspecified atom stereocenters. The van der Waals surface area contributed by atoms with E-state index in [0.717, 1.165) is 5.69 Å². The predicted molar refractivity (Wildman–Crippen MR) is 77.8 cm³/mol. The zero-order valence-electron chi connectivity index (χ0n) is 11.1. The molecule has 0 aliphatic rings. The fraction of sp³-hybridized carbons (Fsp3) is 0.0667. The molecule has 6 nitrogen and oxygen atoms in total. The molecule has 0 fully saturated rings. The molecule has 1 aromatic carbocycles.